The second-order valence-electron chi connectivity index (χ2n) is 6.90. The molecule has 1 aromatic rings. The highest BCUT2D eigenvalue weighted by Gasteiger charge is 2.17. The summed E-state index contributed by atoms with van der Waals surface area (Å²) in [5.41, 5.74) is 4.73. The molecular formula is C19H30N2. The first kappa shape index (κ1) is 15.1. The van der Waals surface area contributed by atoms with Crippen LogP contribution in [-0.4, -0.2) is 31.1 Å². The van der Waals surface area contributed by atoms with Gasteiger partial charge in [0, 0.05) is 13.1 Å². The highest BCUT2D eigenvalue weighted by Crippen LogP contribution is 2.24. The van der Waals surface area contributed by atoms with Crippen LogP contribution in [0.3, 0.4) is 0 Å². The van der Waals surface area contributed by atoms with Crippen molar-refractivity contribution < 1.29 is 0 Å². The molecule has 1 aliphatic carbocycles. The monoisotopic (exact) mass is 286 g/mol. The fraction of sp³-hybridized carbons (Fsp3) is 0.684. The van der Waals surface area contributed by atoms with Crippen molar-refractivity contribution in [3.05, 3.63) is 34.9 Å². The standard InChI is InChI=1S/C19H30N2/c1-2-11-21(15-17-5-4-10-20-13-17)14-16-8-9-18-6-3-7-19(18)12-16/h8-9,12,17,20H,2-7,10-11,13-15H2,1H3. The molecule has 0 amide bonds. The maximum absolute atomic E-state index is 3.55. The van der Waals surface area contributed by atoms with Crippen LogP contribution in [-0.2, 0) is 19.4 Å². The van der Waals surface area contributed by atoms with E-state index in [-0.39, 0.29) is 0 Å². The van der Waals surface area contributed by atoms with Gasteiger partial charge in [0.2, 0.25) is 0 Å². The number of aryl methyl sites for hydroxylation is 2. The Bertz CT molecular complexity index is 449. The number of benzene rings is 1. The van der Waals surface area contributed by atoms with E-state index >= 15 is 0 Å². The summed E-state index contributed by atoms with van der Waals surface area (Å²) in [5, 5.41) is 3.55. The van der Waals surface area contributed by atoms with Crippen molar-refractivity contribution in [2.24, 2.45) is 5.92 Å². The normalized spacial score (nSPS) is 21.7. The van der Waals surface area contributed by atoms with Crippen LogP contribution < -0.4 is 5.32 Å². The molecule has 116 valence electrons. The first-order valence-corrected chi connectivity index (χ1v) is 8.89. The number of rotatable bonds is 6. The maximum atomic E-state index is 3.55. The van der Waals surface area contributed by atoms with Gasteiger partial charge < -0.3 is 5.32 Å². The molecule has 1 aliphatic heterocycles. The van der Waals surface area contributed by atoms with Crippen LogP contribution in [0.5, 0.6) is 0 Å². The average molecular weight is 286 g/mol. The van der Waals surface area contributed by atoms with Gasteiger partial charge in [-0.1, -0.05) is 25.1 Å². The van der Waals surface area contributed by atoms with Crippen molar-refractivity contribution in [3.8, 4) is 0 Å². The zero-order chi connectivity index (χ0) is 14.5. The van der Waals surface area contributed by atoms with E-state index in [9.17, 15) is 0 Å². The van der Waals surface area contributed by atoms with Gasteiger partial charge in [-0.25, -0.2) is 0 Å². The van der Waals surface area contributed by atoms with Crippen molar-refractivity contribution in [3.63, 3.8) is 0 Å². The minimum absolute atomic E-state index is 0.847. The van der Waals surface area contributed by atoms with Gasteiger partial charge in [0.1, 0.15) is 0 Å². The van der Waals surface area contributed by atoms with Crippen LogP contribution >= 0.6 is 0 Å². The quantitative estimate of drug-likeness (QED) is 0.862. The smallest absolute Gasteiger partial charge is 0.0233 e. The number of hydrogen-bond donors (Lipinski definition) is 1. The van der Waals surface area contributed by atoms with Crippen molar-refractivity contribution in [1.29, 1.82) is 0 Å². The van der Waals surface area contributed by atoms with E-state index in [1.54, 1.807) is 11.1 Å². The Balaban J connectivity index is 1.61. The zero-order valence-electron chi connectivity index (χ0n) is 13.5. The molecule has 1 aromatic carbocycles. The summed E-state index contributed by atoms with van der Waals surface area (Å²) in [6, 6.07) is 7.22. The fourth-order valence-electron chi connectivity index (χ4n) is 3.98. The van der Waals surface area contributed by atoms with E-state index in [0.29, 0.717) is 0 Å². The van der Waals surface area contributed by atoms with E-state index in [2.05, 4.69) is 35.3 Å². The lowest BCUT2D eigenvalue weighted by molar-refractivity contribution is 0.201. The molecule has 1 fully saturated rings. The molecule has 0 saturated carbocycles. The summed E-state index contributed by atoms with van der Waals surface area (Å²) in [4.78, 5) is 2.67. The van der Waals surface area contributed by atoms with Gasteiger partial charge in [-0.2, -0.15) is 0 Å². The molecule has 1 atom stereocenters. The lowest BCUT2D eigenvalue weighted by Crippen LogP contribution is -2.38. The molecule has 2 heteroatoms. The third-order valence-electron chi connectivity index (χ3n) is 5.02. The molecule has 1 unspecified atom stereocenters. The maximum Gasteiger partial charge on any atom is 0.0233 e. The molecule has 21 heavy (non-hydrogen) atoms. The first-order chi connectivity index (χ1) is 10.3. The van der Waals surface area contributed by atoms with Crippen LogP contribution in [0.1, 0.15) is 49.3 Å². The predicted molar refractivity (Wildman–Crippen MR) is 89.6 cm³/mol. The van der Waals surface area contributed by atoms with Crippen molar-refractivity contribution in [2.45, 2.75) is 52.0 Å². The first-order valence-electron chi connectivity index (χ1n) is 8.89. The van der Waals surface area contributed by atoms with E-state index in [0.717, 1.165) is 12.5 Å². The third kappa shape index (κ3) is 4.08. The third-order valence-corrected chi connectivity index (χ3v) is 5.02. The molecule has 0 spiro atoms. The predicted octanol–water partition coefficient (Wildman–Crippen LogP) is 3.39. The Morgan fingerprint density at radius 1 is 1.19 bits per heavy atom. The Hall–Kier alpha value is -0.860. The number of nitrogens with one attached hydrogen (secondary N) is 1. The molecule has 2 nitrogen and oxygen atoms in total. The molecule has 0 radical (unpaired) electrons. The van der Waals surface area contributed by atoms with Crippen LogP contribution in [0.4, 0.5) is 0 Å². The number of piperidine rings is 1. The van der Waals surface area contributed by atoms with Gasteiger partial charge in [0.25, 0.3) is 0 Å². The number of fused-ring (bicyclic) bond motifs is 1. The molecule has 1 heterocycles. The highest BCUT2D eigenvalue weighted by atomic mass is 15.1. The van der Waals surface area contributed by atoms with Crippen molar-refractivity contribution in [2.75, 3.05) is 26.2 Å². The topological polar surface area (TPSA) is 15.3 Å². The summed E-state index contributed by atoms with van der Waals surface area (Å²) in [5.74, 6) is 0.847. The molecule has 2 aliphatic rings. The van der Waals surface area contributed by atoms with Crippen LogP contribution in [0.25, 0.3) is 0 Å². The molecule has 0 bridgehead atoms. The van der Waals surface area contributed by atoms with Gasteiger partial charge in [-0.15, -0.1) is 0 Å². The SMILES string of the molecule is CCCN(Cc1ccc2c(c1)CCC2)CC1CCCNC1. The Morgan fingerprint density at radius 2 is 2.10 bits per heavy atom. The van der Waals surface area contributed by atoms with Crippen LogP contribution in [0.2, 0.25) is 0 Å². The van der Waals surface area contributed by atoms with Crippen molar-refractivity contribution in [1.82, 2.24) is 10.2 Å². The van der Waals surface area contributed by atoms with E-state index in [1.165, 1.54) is 70.3 Å². The van der Waals surface area contributed by atoms with Gasteiger partial charge in [0.05, 0.1) is 0 Å². The summed E-state index contributed by atoms with van der Waals surface area (Å²) in [6.07, 6.45) is 7.95. The van der Waals surface area contributed by atoms with Gasteiger partial charge in [-0.3, -0.25) is 4.90 Å². The van der Waals surface area contributed by atoms with Crippen LogP contribution in [0.15, 0.2) is 18.2 Å². The zero-order valence-corrected chi connectivity index (χ0v) is 13.5. The molecular weight excluding hydrogens is 256 g/mol. The molecule has 0 aromatic heterocycles. The Kier molecular flexibility index (Phi) is 5.32. The summed E-state index contributed by atoms with van der Waals surface area (Å²) < 4.78 is 0. The van der Waals surface area contributed by atoms with Crippen LogP contribution in [0, 0.1) is 5.92 Å². The minimum Gasteiger partial charge on any atom is -0.316 e. The van der Waals surface area contributed by atoms with E-state index < -0.39 is 0 Å². The second-order valence-corrected chi connectivity index (χ2v) is 6.90. The molecule has 3 rings (SSSR count). The summed E-state index contributed by atoms with van der Waals surface area (Å²) in [6.45, 7) is 8.36. The summed E-state index contributed by atoms with van der Waals surface area (Å²) >= 11 is 0. The minimum atomic E-state index is 0.847. The Morgan fingerprint density at radius 3 is 2.90 bits per heavy atom. The molecule has 1 saturated heterocycles. The van der Waals surface area contributed by atoms with E-state index in [4.69, 9.17) is 0 Å². The Labute approximate surface area is 129 Å². The van der Waals surface area contributed by atoms with Crippen molar-refractivity contribution >= 4 is 0 Å². The van der Waals surface area contributed by atoms with Gasteiger partial charge in [-0.05, 0) is 80.8 Å². The lowest BCUT2D eigenvalue weighted by atomic mass is 9.98. The summed E-state index contributed by atoms with van der Waals surface area (Å²) in [7, 11) is 0. The van der Waals surface area contributed by atoms with Gasteiger partial charge in [0.15, 0.2) is 0 Å². The number of hydrogen-bond acceptors (Lipinski definition) is 2. The molecule has 1 N–H and O–H groups in total. The van der Waals surface area contributed by atoms with E-state index in [1.807, 2.05) is 0 Å². The largest absolute Gasteiger partial charge is 0.316 e. The highest BCUT2D eigenvalue weighted by molar-refractivity contribution is 5.35. The van der Waals surface area contributed by atoms with Gasteiger partial charge >= 0.3 is 0 Å². The lowest BCUT2D eigenvalue weighted by Gasteiger charge is -2.30. The fourth-order valence-corrected chi connectivity index (χ4v) is 3.98. The second kappa shape index (κ2) is 7.42. The average Bonchev–Trinajstić information content (AvgIpc) is 2.96. The number of nitrogens with zero attached hydrogens (tertiary/aromatic N) is 1.